The molecule has 0 radical (unpaired) electrons. The van der Waals surface area contributed by atoms with Gasteiger partial charge in [-0.15, -0.1) is 4.99 Å². The fourth-order valence-corrected chi connectivity index (χ4v) is 5.52. The van der Waals surface area contributed by atoms with Crippen molar-refractivity contribution in [2.45, 2.75) is 70.2 Å². The molecule has 2 N–H and O–H groups in total. The zero-order chi connectivity index (χ0) is 29.5. The Bertz CT molecular complexity index is 1370. The predicted molar refractivity (Wildman–Crippen MR) is 148 cm³/mol. The van der Waals surface area contributed by atoms with Gasteiger partial charge in [0.2, 0.25) is 17.7 Å². The zero-order valence-corrected chi connectivity index (χ0v) is 23.2. The van der Waals surface area contributed by atoms with Gasteiger partial charge in [-0.2, -0.15) is 18.2 Å². The van der Waals surface area contributed by atoms with E-state index in [-0.39, 0.29) is 42.2 Å². The van der Waals surface area contributed by atoms with Crippen LogP contribution in [0.3, 0.4) is 0 Å². The molecule has 1 aromatic heterocycles. The molecule has 0 spiro atoms. The van der Waals surface area contributed by atoms with Crippen LogP contribution in [0.5, 0.6) is 5.75 Å². The Hall–Kier alpha value is -4.09. The number of hydrogen-bond acceptors (Lipinski definition) is 6. The van der Waals surface area contributed by atoms with E-state index in [1.807, 2.05) is 30.3 Å². The highest BCUT2D eigenvalue weighted by atomic mass is 19.4. The molecule has 1 atom stereocenters. The summed E-state index contributed by atoms with van der Waals surface area (Å²) in [6.07, 6.45) is 2.32. The third kappa shape index (κ3) is 7.40. The number of aromatic nitrogens is 2. The van der Waals surface area contributed by atoms with Gasteiger partial charge in [0.1, 0.15) is 18.4 Å². The van der Waals surface area contributed by atoms with E-state index in [2.05, 4.69) is 15.1 Å². The molecule has 42 heavy (non-hydrogen) atoms. The van der Waals surface area contributed by atoms with Crippen molar-refractivity contribution in [3.05, 3.63) is 65.5 Å². The van der Waals surface area contributed by atoms with Crippen LogP contribution in [0.15, 0.2) is 58.0 Å². The Morgan fingerprint density at radius 1 is 1.07 bits per heavy atom. The molecule has 224 valence electrons. The minimum atomic E-state index is -4.62. The molecule has 1 saturated heterocycles. The molecule has 9 nitrogen and oxygen atoms in total. The van der Waals surface area contributed by atoms with Crippen molar-refractivity contribution < 1.29 is 32.0 Å². The summed E-state index contributed by atoms with van der Waals surface area (Å²) >= 11 is 0. The average molecular weight is 586 g/mol. The number of likely N-dealkylation sites (tertiary alicyclic amines) is 1. The standard InChI is InChI=1S/C30H34F3N5O4/c31-30(32,33)23-18-22(13-14-25(23)40-17-15-20-8-3-1-4-9-20)26-35-27(42-37-26)24-12-7-16-38(24)28(34)36-29(39)41-19-21-10-5-2-6-11-21/h2,5-6,10-11,13-14,18,20,24H,1,3-4,7-9,12,15-17,19H2,(H2,34,36,39)/t24-/m0/s1. The first-order valence-electron chi connectivity index (χ1n) is 14.3. The summed E-state index contributed by atoms with van der Waals surface area (Å²) in [5, 5.41) is 3.93. The fraction of sp³-hybridized carbons (Fsp3) is 0.467. The lowest BCUT2D eigenvalue weighted by molar-refractivity contribution is -0.138. The maximum atomic E-state index is 14.0. The van der Waals surface area contributed by atoms with Crippen LogP contribution in [0, 0.1) is 5.92 Å². The quantitative estimate of drug-likeness (QED) is 0.224. The van der Waals surface area contributed by atoms with Gasteiger partial charge in [-0.25, -0.2) is 4.79 Å². The highest BCUT2D eigenvalue weighted by Crippen LogP contribution is 2.39. The number of hydrogen-bond donors (Lipinski definition) is 1. The first kappa shape index (κ1) is 29.4. The van der Waals surface area contributed by atoms with Gasteiger partial charge in [-0.05, 0) is 48.9 Å². The number of alkyl halides is 3. The van der Waals surface area contributed by atoms with Crippen molar-refractivity contribution in [2.75, 3.05) is 13.2 Å². The second-order valence-corrected chi connectivity index (χ2v) is 10.7. The fourth-order valence-electron chi connectivity index (χ4n) is 5.52. The number of rotatable bonds is 8. The smallest absolute Gasteiger partial charge is 0.437 e. The van der Waals surface area contributed by atoms with Crippen LogP contribution >= 0.6 is 0 Å². The molecule has 1 amide bonds. The Morgan fingerprint density at radius 3 is 2.62 bits per heavy atom. The summed E-state index contributed by atoms with van der Waals surface area (Å²) in [6.45, 7) is 0.770. The van der Waals surface area contributed by atoms with E-state index in [1.54, 1.807) is 4.90 Å². The first-order chi connectivity index (χ1) is 20.3. The minimum Gasteiger partial charge on any atom is -0.493 e. The summed E-state index contributed by atoms with van der Waals surface area (Å²) in [6, 6.07) is 12.5. The summed E-state index contributed by atoms with van der Waals surface area (Å²) in [4.78, 5) is 22.1. The van der Waals surface area contributed by atoms with Crippen LogP contribution in [0.25, 0.3) is 11.4 Å². The largest absolute Gasteiger partial charge is 0.493 e. The van der Waals surface area contributed by atoms with E-state index < -0.39 is 23.9 Å². The topological polar surface area (TPSA) is 116 Å². The van der Waals surface area contributed by atoms with Gasteiger partial charge in [0.05, 0.1) is 12.2 Å². The predicted octanol–water partition coefficient (Wildman–Crippen LogP) is 6.89. The lowest BCUT2D eigenvalue weighted by Gasteiger charge is -2.22. The highest BCUT2D eigenvalue weighted by Gasteiger charge is 2.36. The Morgan fingerprint density at radius 2 is 1.86 bits per heavy atom. The molecule has 0 bridgehead atoms. The number of carbonyl (C=O) groups is 1. The summed E-state index contributed by atoms with van der Waals surface area (Å²) < 4.78 is 58.1. The van der Waals surface area contributed by atoms with Gasteiger partial charge in [-0.1, -0.05) is 67.6 Å². The monoisotopic (exact) mass is 585 g/mol. The lowest BCUT2D eigenvalue weighted by atomic mass is 9.87. The van der Waals surface area contributed by atoms with Crippen molar-refractivity contribution >= 4 is 12.1 Å². The average Bonchev–Trinajstić information content (AvgIpc) is 3.67. The second-order valence-electron chi connectivity index (χ2n) is 10.7. The van der Waals surface area contributed by atoms with E-state index in [1.165, 1.54) is 31.4 Å². The van der Waals surface area contributed by atoms with Crippen molar-refractivity contribution in [3.63, 3.8) is 0 Å². The minimum absolute atomic E-state index is 0.00823. The van der Waals surface area contributed by atoms with E-state index in [9.17, 15) is 18.0 Å². The Labute approximate surface area is 241 Å². The lowest BCUT2D eigenvalue weighted by Crippen LogP contribution is -2.37. The third-order valence-corrected chi connectivity index (χ3v) is 7.74. The number of guanidine groups is 1. The van der Waals surface area contributed by atoms with Crippen molar-refractivity contribution in [2.24, 2.45) is 16.6 Å². The van der Waals surface area contributed by atoms with Crippen LogP contribution in [0.1, 0.15) is 74.4 Å². The van der Waals surface area contributed by atoms with Gasteiger partial charge in [0.25, 0.3) is 0 Å². The molecule has 2 aromatic carbocycles. The van der Waals surface area contributed by atoms with Crippen molar-refractivity contribution in [3.8, 4) is 17.1 Å². The maximum absolute atomic E-state index is 14.0. The maximum Gasteiger partial charge on any atom is 0.437 e. The molecule has 1 aliphatic heterocycles. The number of ether oxygens (including phenoxy) is 2. The van der Waals surface area contributed by atoms with E-state index in [4.69, 9.17) is 19.7 Å². The Kier molecular flexibility index (Phi) is 9.28. The molecule has 2 fully saturated rings. The van der Waals surface area contributed by atoms with Crippen molar-refractivity contribution in [1.82, 2.24) is 15.0 Å². The van der Waals surface area contributed by atoms with Crippen LogP contribution in [0.2, 0.25) is 0 Å². The number of nitrogens with two attached hydrogens (primary N) is 1. The molecule has 0 unspecified atom stereocenters. The number of carbonyl (C=O) groups excluding carboxylic acids is 1. The number of amides is 1. The molecular weight excluding hydrogens is 551 g/mol. The number of halogens is 3. The summed E-state index contributed by atoms with van der Waals surface area (Å²) in [7, 11) is 0. The van der Waals surface area contributed by atoms with E-state index in [0.717, 1.165) is 30.9 Å². The van der Waals surface area contributed by atoms with Crippen LogP contribution in [0.4, 0.5) is 18.0 Å². The first-order valence-corrected chi connectivity index (χ1v) is 14.3. The SMILES string of the molecule is NC(=NC(=O)OCc1ccccc1)N1CCC[C@H]1c1nc(-c2ccc(OCCC3CCCCC3)c(C(F)(F)F)c2)no1. The summed E-state index contributed by atoms with van der Waals surface area (Å²) in [5.41, 5.74) is 6.18. The third-order valence-electron chi connectivity index (χ3n) is 7.74. The van der Waals surface area contributed by atoms with Crippen molar-refractivity contribution in [1.29, 1.82) is 0 Å². The van der Waals surface area contributed by atoms with Gasteiger partial charge in [0.15, 0.2) is 0 Å². The van der Waals surface area contributed by atoms with Gasteiger partial charge >= 0.3 is 12.3 Å². The van der Waals surface area contributed by atoms with E-state index in [0.29, 0.717) is 25.3 Å². The molecule has 3 aromatic rings. The van der Waals surface area contributed by atoms with Crippen LogP contribution in [-0.4, -0.2) is 40.2 Å². The molecule has 12 heteroatoms. The molecular formula is C30H34F3N5O4. The molecule has 1 saturated carbocycles. The van der Waals surface area contributed by atoms with E-state index >= 15 is 0 Å². The van der Waals surface area contributed by atoms with Crippen LogP contribution in [-0.2, 0) is 17.5 Å². The Balaban J connectivity index is 1.25. The van der Waals surface area contributed by atoms with Gasteiger partial charge < -0.3 is 24.6 Å². The summed E-state index contributed by atoms with van der Waals surface area (Å²) in [5.74, 6) is 0.396. The number of aliphatic imine (C=N–C) groups is 1. The van der Waals surface area contributed by atoms with Crippen LogP contribution < -0.4 is 10.5 Å². The molecule has 5 rings (SSSR count). The highest BCUT2D eigenvalue weighted by molar-refractivity contribution is 5.89. The molecule has 1 aliphatic carbocycles. The van der Waals surface area contributed by atoms with Gasteiger partial charge in [-0.3, -0.25) is 0 Å². The normalized spacial score (nSPS) is 18.3. The zero-order valence-electron chi connectivity index (χ0n) is 23.2. The second kappa shape index (κ2) is 13.3. The molecule has 2 heterocycles. The number of nitrogens with zero attached hydrogens (tertiary/aromatic N) is 4. The number of benzene rings is 2. The van der Waals surface area contributed by atoms with Gasteiger partial charge in [0, 0.05) is 12.1 Å². The molecule has 2 aliphatic rings.